The van der Waals surface area contributed by atoms with Crippen LogP contribution in [0.4, 0.5) is 5.69 Å². The molecule has 6 nitrogen and oxygen atoms in total. The van der Waals surface area contributed by atoms with Gasteiger partial charge in [-0.15, -0.1) is 0 Å². The lowest BCUT2D eigenvalue weighted by Gasteiger charge is -2.22. The predicted octanol–water partition coefficient (Wildman–Crippen LogP) is 2.36. The number of hydrogen-bond acceptors (Lipinski definition) is 5. The summed E-state index contributed by atoms with van der Waals surface area (Å²) in [6, 6.07) is 7.94. The number of para-hydroxylation sites is 1. The van der Waals surface area contributed by atoms with E-state index >= 15 is 0 Å². The zero-order chi connectivity index (χ0) is 15.5. The highest BCUT2D eigenvalue weighted by molar-refractivity contribution is 5.79. The Morgan fingerprint density at radius 3 is 2.82 bits per heavy atom. The van der Waals surface area contributed by atoms with E-state index in [1.165, 1.54) is 0 Å². The Bertz CT molecular complexity index is 711. The fourth-order valence-corrected chi connectivity index (χ4v) is 2.80. The van der Waals surface area contributed by atoms with Crippen LogP contribution in [0.25, 0.3) is 11.1 Å². The fourth-order valence-electron chi connectivity index (χ4n) is 2.80. The van der Waals surface area contributed by atoms with Gasteiger partial charge in [0.2, 0.25) is 0 Å². The highest BCUT2D eigenvalue weighted by Gasteiger charge is 2.21. The van der Waals surface area contributed by atoms with E-state index in [1.807, 2.05) is 23.0 Å². The topological polar surface area (TPSA) is 86.1 Å². The number of aromatic nitrogens is 2. The summed E-state index contributed by atoms with van der Waals surface area (Å²) in [4.78, 5) is 0. The summed E-state index contributed by atoms with van der Waals surface area (Å²) in [5.41, 5.74) is 8.43. The second kappa shape index (κ2) is 6.08. The standard InChI is InChI=1S/C16H18N4O2/c1-21-16-12(3-2-4-14(16)18)13-10-20(19-15(13)9-17)11-5-7-22-8-6-11/h2-4,10-11H,5-8,18H2,1H3. The number of methoxy groups -OCH3 is 1. The lowest BCUT2D eigenvalue weighted by molar-refractivity contribution is 0.0662. The average molecular weight is 298 g/mol. The third-order valence-electron chi connectivity index (χ3n) is 3.94. The van der Waals surface area contributed by atoms with E-state index in [9.17, 15) is 5.26 Å². The number of nitrogen functional groups attached to an aromatic ring is 1. The molecule has 22 heavy (non-hydrogen) atoms. The van der Waals surface area contributed by atoms with Crippen LogP contribution in [0.1, 0.15) is 24.6 Å². The van der Waals surface area contributed by atoms with Crippen LogP contribution in [0.2, 0.25) is 0 Å². The SMILES string of the molecule is COc1c(N)cccc1-c1cn(C2CCOCC2)nc1C#N. The van der Waals surface area contributed by atoms with Gasteiger partial charge in [-0.05, 0) is 18.9 Å². The molecule has 0 aliphatic carbocycles. The molecule has 1 fully saturated rings. The highest BCUT2D eigenvalue weighted by atomic mass is 16.5. The molecule has 3 rings (SSSR count). The summed E-state index contributed by atoms with van der Waals surface area (Å²) >= 11 is 0. The van der Waals surface area contributed by atoms with E-state index in [4.69, 9.17) is 15.2 Å². The average Bonchev–Trinajstić information content (AvgIpc) is 2.99. The van der Waals surface area contributed by atoms with Crippen LogP contribution in [0.3, 0.4) is 0 Å². The van der Waals surface area contributed by atoms with Gasteiger partial charge in [0.15, 0.2) is 5.69 Å². The zero-order valence-electron chi connectivity index (χ0n) is 12.5. The summed E-state index contributed by atoms with van der Waals surface area (Å²) in [5.74, 6) is 0.575. The molecule has 1 aromatic carbocycles. The van der Waals surface area contributed by atoms with Crippen molar-refractivity contribution in [3.05, 3.63) is 30.1 Å². The van der Waals surface area contributed by atoms with E-state index in [-0.39, 0.29) is 6.04 Å². The highest BCUT2D eigenvalue weighted by Crippen LogP contribution is 2.37. The van der Waals surface area contributed by atoms with Crippen LogP contribution in [-0.2, 0) is 4.74 Å². The smallest absolute Gasteiger partial charge is 0.170 e. The van der Waals surface area contributed by atoms with Gasteiger partial charge in [-0.2, -0.15) is 10.4 Å². The van der Waals surface area contributed by atoms with Gasteiger partial charge >= 0.3 is 0 Å². The van der Waals surface area contributed by atoms with Crippen LogP contribution in [-0.4, -0.2) is 30.1 Å². The number of nitrogens with zero attached hydrogens (tertiary/aromatic N) is 3. The molecule has 0 saturated carbocycles. The Morgan fingerprint density at radius 1 is 1.36 bits per heavy atom. The van der Waals surface area contributed by atoms with Gasteiger partial charge in [0.05, 0.1) is 18.8 Å². The number of rotatable bonds is 3. The summed E-state index contributed by atoms with van der Waals surface area (Å²) in [5, 5.41) is 13.8. The van der Waals surface area contributed by atoms with Crippen molar-refractivity contribution < 1.29 is 9.47 Å². The van der Waals surface area contributed by atoms with Gasteiger partial charge < -0.3 is 15.2 Å². The maximum Gasteiger partial charge on any atom is 0.170 e. The molecular weight excluding hydrogens is 280 g/mol. The minimum Gasteiger partial charge on any atom is -0.494 e. The molecule has 0 spiro atoms. The van der Waals surface area contributed by atoms with Gasteiger partial charge in [0, 0.05) is 30.5 Å². The van der Waals surface area contributed by atoms with Gasteiger partial charge in [-0.1, -0.05) is 12.1 Å². The molecule has 0 unspecified atom stereocenters. The lowest BCUT2D eigenvalue weighted by atomic mass is 10.0. The van der Waals surface area contributed by atoms with Crippen LogP contribution in [0.5, 0.6) is 5.75 Å². The summed E-state index contributed by atoms with van der Waals surface area (Å²) in [7, 11) is 1.57. The van der Waals surface area contributed by atoms with E-state index in [1.54, 1.807) is 13.2 Å². The van der Waals surface area contributed by atoms with Crippen molar-refractivity contribution in [1.29, 1.82) is 5.26 Å². The number of nitriles is 1. The summed E-state index contributed by atoms with van der Waals surface area (Å²) in [6.45, 7) is 1.45. The van der Waals surface area contributed by atoms with E-state index in [0.29, 0.717) is 17.1 Å². The minimum atomic E-state index is 0.265. The fraction of sp³-hybridized carbons (Fsp3) is 0.375. The van der Waals surface area contributed by atoms with Crippen LogP contribution < -0.4 is 10.5 Å². The predicted molar refractivity (Wildman–Crippen MR) is 82.4 cm³/mol. The number of hydrogen-bond donors (Lipinski definition) is 1. The molecule has 0 atom stereocenters. The first kappa shape index (κ1) is 14.4. The van der Waals surface area contributed by atoms with Crippen molar-refractivity contribution in [2.45, 2.75) is 18.9 Å². The van der Waals surface area contributed by atoms with Crippen LogP contribution in [0.15, 0.2) is 24.4 Å². The minimum absolute atomic E-state index is 0.265. The Labute approximate surface area is 129 Å². The molecule has 1 aliphatic rings. The largest absolute Gasteiger partial charge is 0.494 e. The summed E-state index contributed by atoms with van der Waals surface area (Å²) in [6.07, 6.45) is 3.71. The number of benzene rings is 1. The van der Waals surface area contributed by atoms with Crippen molar-refractivity contribution in [2.75, 3.05) is 26.1 Å². The molecule has 6 heteroatoms. The monoisotopic (exact) mass is 298 g/mol. The first-order valence-electron chi connectivity index (χ1n) is 7.24. The van der Waals surface area contributed by atoms with Crippen molar-refractivity contribution in [3.63, 3.8) is 0 Å². The Morgan fingerprint density at radius 2 is 2.14 bits per heavy atom. The molecule has 1 saturated heterocycles. The van der Waals surface area contributed by atoms with Crippen molar-refractivity contribution >= 4 is 5.69 Å². The first-order chi connectivity index (χ1) is 10.7. The second-order valence-corrected chi connectivity index (χ2v) is 5.25. The Kier molecular flexibility index (Phi) is 3.98. The zero-order valence-corrected chi connectivity index (χ0v) is 12.5. The molecular formula is C16H18N4O2. The van der Waals surface area contributed by atoms with Crippen molar-refractivity contribution in [1.82, 2.24) is 9.78 Å². The van der Waals surface area contributed by atoms with Gasteiger partial charge in [-0.25, -0.2) is 0 Å². The Balaban J connectivity index is 2.06. The second-order valence-electron chi connectivity index (χ2n) is 5.25. The Hall–Kier alpha value is -2.52. The molecule has 1 aliphatic heterocycles. The normalized spacial score (nSPS) is 15.5. The molecule has 114 valence electrons. The van der Waals surface area contributed by atoms with Crippen LogP contribution >= 0.6 is 0 Å². The van der Waals surface area contributed by atoms with Gasteiger partial charge in [0.1, 0.15) is 11.8 Å². The van der Waals surface area contributed by atoms with Crippen molar-refractivity contribution in [3.8, 4) is 22.9 Å². The molecule has 0 radical (unpaired) electrons. The molecule has 0 amide bonds. The molecule has 1 aromatic heterocycles. The number of nitrogens with two attached hydrogens (primary N) is 1. The first-order valence-corrected chi connectivity index (χ1v) is 7.24. The third kappa shape index (κ3) is 2.51. The van der Waals surface area contributed by atoms with Crippen molar-refractivity contribution in [2.24, 2.45) is 0 Å². The lowest BCUT2D eigenvalue weighted by Crippen LogP contribution is -2.19. The summed E-state index contributed by atoms with van der Waals surface area (Å²) < 4.78 is 12.6. The van der Waals surface area contributed by atoms with E-state index in [0.717, 1.165) is 37.2 Å². The maximum absolute atomic E-state index is 9.40. The molecule has 0 bridgehead atoms. The number of ether oxygens (including phenoxy) is 2. The quantitative estimate of drug-likeness (QED) is 0.879. The maximum atomic E-state index is 9.40. The molecule has 2 heterocycles. The van der Waals surface area contributed by atoms with Gasteiger partial charge in [0.25, 0.3) is 0 Å². The van der Waals surface area contributed by atoms with E-state index in [2.05, 4.69) is 11.2 Å². The van der Waals surface area contributed by atoms with Crippen LogP contribution in [0, 0.1) is 11.3 Å². The third-order valence-corrected chi connectivity index (χ3v) is 3.94. The molecule has 2 aromatic rings. The van der Waals surface area contributed by atoms with E-state index < -0.39 is 0 Å². The number of anilines is 1. The molecule has 2 N–H and O–H groups in total. The van der Waals surface area contributed by atoms with Gasteiger partial charge in [-0.3, -0.25) is 4.68 Å².